The standard InChI is InChI=1S/C28H30N8O4.C2H6/c1-28(2,3)40-27(39)36-16-19-24(26(36)38)20(13-32-25(19)21-14-29-15-23-30-8-11-35(21)23)33-22-5-4-17(12-31-22)34-9-6-18(37)7-10-34;1-2/h4-5,8,11-15,18,37H,6-7,9-10,16H2,1-3H3,(H,31,33);1-2H3. The predicted octanol–water partition coefficient (Wildman–Crippen LogP) is 4.81. The van der Waals surface area contributed by atoms with Crippen LogP contribution in [-0.2, 0) is 11.3 Å². The molecule has 4 aromatic rings. The van der Waals surface area contributed by atoms with Gasteiger partial charge < -0.3 is 20.1 Å². The van der Waals surface area contributed by atoms with Crippen LogP contribution in [0.2, 0.25) is 0 Å². The highest BCUT2D eigenvalue weighted by atomic mass is 16.6. The molecule has 1 saturated heterocycles. The summed E-state index contributed by atoms with van der Waals surface area (Å²) in [4.78, 5) is 47.8. The lowest BCUT2D eigenvalue weighted by Crippen LogP contribution is -2.37. The van der Waals surface area contributed by atoms with Crippen LogP contribution < -0.4 is 10.2 Å². The summed E-state index contributed by atoms with van der Waals surface area (Å²) in [5, 5.41) is 13.0. The Bertz CT molecular complexity index is 1590. The van der Waals surface area contributed by atoms with Gasteiger partial charge in [-0.05, 0) is 45.7 Å². The third-order valence-electron chi connectivity index (χ3n) is 6.97. The molecule has 2 amide bonds. The van der Waals surface area contributed by atoms with E-state index in [1.54, 1.807) is 58.0 Å². The second kappa shape index (κ2) is 11.7. The number of anilines is 3. The molecule has 12 nitrogen and oxygen atoms in total. The van der Waals surface area contributed by atoms with Crippen LogP contribution in [0.5, 0.6) is 0 Å². The van der Waals surface area contributed by atoms with Gasteiger partial charge in [-0.3, -0.25) is 19.2 Å². The summed E-state index contributed by atoms with van der Waals surface area (Å²) in [6, 6.07) is 3.79. The number of carbonyl (C=O) groups is 2. The number of aliphatic hydroxyl groups excluding tert-OH is 1. The lowest BCUT2D eigenvalue weighted by Gasteiger charge is -2.31. The van der Waals surface area contributed by atoms with Crippen LogP contribution in [0.25, 0.3) is 17.0 Å². The Morgan fingerprint density at radius 1 is 1.05 bits per heavy atom. The highest BCUT2D eigenvalue weighted by Crippen LogP contribution is 2.37. The Kier molecular flexibility index (Phi) is 8.08. The van der Waals surface area contributed by atoms with Crippen LogP contribution in [0.4, 0.5) is 22.0 Å². The molecular weight excluding hydrogens is 536 g/mol. The highest BCUT2D eigenvalue weighted by Gasteiger charge is 2.39. The van der Waals surface area contributed by atoms with Crippen LogP contribution in [0.15, 0.2) is 49.3 Å². The third kappa shape index (κ3) is 5.75. The van der Waals surface area contributed by atoms with E-state index in [4.69, 9.17) is 9.72 Å². The Hall–Kier alpha value is -4.58. The number of pyridine rings is 2. The summed E-state index contributed by atoms with van der Waals surface area (Å²) in [7, 11) is 0. The molecule has 0 atom stereocenters. The van der Waals surface area contributed by atoms with Gasteiger partial charge in [-0.15, -0.1) is 0 Å². The number of carbonyl (C=O) groups excluding carboxylic acids is 2. The molecule has 42 heavy (non-hydrogen) atoms. The summed E-state index contributed by atoms with van der Waals surface area (Å²) in [5.41, 5.74) is 3.33. The van der Waals surface area contributed by atoms with Gasteiger partial charge in [-0.1, -0.05) is 13.8 Å². The zero-order valence-electron chi connectivity index (χ0n) is 24.5. The summed E-state index contributed by atoms with van der Waals surface area (Å²) >= 11 is 0. The minimum absolute atomic E-state index is 0.000798. The van der Waals surface area contributed by atoms with Crippen molar-refractivity contribution < 1.29 is 19.4 Å². The number of imide groups is 1. The predicted molar refractivity (Wildman–Crippen MR) is 159 cm³/mol. The van der Waals surface area contributed by atoms with Crippen LogP contribution in [-0.4, -0.2) is 71.1 Å². The number of nitrogens with one attached hydrogen (secondary N) is 1. The monoisotopic (exact) mass is 572 g/mol. The van der Waals surface area contributed by atoms with Crippen molar-refractivity contribution in [3.8, 4) is 11.4 Å². The summed E-state index contributed by atoms with van der Waals surface area (Å²) in [6.07, 6.45) is 10.6. The largest absolute Gasteiger partial charge is 0.443 e. The molecule has 2 aliphatic rings. The molecule has 220 valence electrons. The maximum absolute atomic E-state index is 13.7. The third-order valence-corrected chi connectivity index (χ3v) is 6.97. The normalized spacial score (nSPS) is 15.3. The van der Waals surface area contributed by atoms with Crippen LogP contribution in [0, 0.1) is 0 Å². The molecule has 1 fully saturated rings. The smallest absolute Gasteiger partial charge is 0.417 e. The molecule has 2 N–H and O–H groups in total. The lowest BCUT2D eigenvalue weighted by molar-refractivity contribution is 0.0248. The number of hydrogen-bond acceptors (Lipinski definition) is 10. The van der Waals surface area contributed by atoms with Crippen molar-refractivity contribution in [1.29, 1.82) is 0 Å². The average Bonchev–Trinajstić information content (AvgIpc) is 3.60. The molecule has 6 rings (SSSR count). The van der Waals surface area contributed by atoms with E-state index in [1.165, 1.54) is 0 Å². The van der Waals surface area contributed by atoms with E-state index in [0.29, 0.717) is 39.7 Å². The van der Waals surface area contributed by atoms with Gasteiger partial charge >= 0.3 is 6.09 Å². The fourth-order valence-corrected chi connectivity index (χ4v) is 5.03. The first kappa shape index (κ1) is 28.9. The molecule has 2 aliphatic heterocycles. The van der Waals surface area contributed by atoms with E-state index >= 15 is 0 Å². The molecule has 0 radical (unpaired) electrons. The topological polar surface area (TPSA) is 138 Å². The number of ether oxygens (including phenoxy) is 1. The quantitative estimate of drug-likeness (QED) is 0.350. The second-order valence-electron chi connectivity index (χ2n) is 10.9. The van der Waals surface area contributed by atoms with E-state index in [-0.39, 0.29) is 12.6 Å². The Morgan fingerprint density at radius 3 is 2.50 bits per heavy atom. The first-order chi connectivity index (χ1) is 20.2. The van der Waals surface area contributed by atoms with Gasteiger partial charge in [0.15, 0.2) is 5.65 Å². The minimum atomic E-state index is -0.765. The summed E-state index contributed by atoms with van der Waals surface area (Å²) in [6.45, 7) is 10.8. The number of nitrogens with zero attached hydrogens (tertiary/aromatic N) is 7. The molecule has 12 heteroatoms. The van der Waals surface area contributed by atoms with Gasteiger partial charge in [0.1, 0.15) is 11.4 Å². The number of aromatic nitrogens is 5. The number of aliphatic hydroxyl groups is 1. The van der Waals surface area contributed by atoms with Gasteiger partial charge in [-0.25, -0.2) is 19.7 Å². The van der Waals surface area contributed by atoms with Gasteiger partial charge in [0.25, 0.3) is 5.91 Å². The zero-order chi connectivity index (χ0) is 30.0. The van der Waals surface area contributed by atoms with Crippen molar-refractivity contribution in [3.63, 3.8) is 0 Å². The second-order valence-corrected chi connectivity index (χ2v) is 10.9. The van der Waals surface area contributed by atoms with E-state index in [0.717, 1.165) is 36.5 Å². The number of piperidine rings is 1. The number of hydrogen-bond donors (Lipinski definition) is 2. The van der Waals surface area contributed by atoms with Crippen molar-refractivity contribution in [3.05, 3.63) is 60.4 Å². The van der Waals surface area contributed by atoms with E-state index in [9.17, 15) is 14.7 Å². The Balaban J connectivity index is 0.00000173. The fraction of sp³-hybridized carbons (Fsp3) is 0.400. The van der Waals surface area contributed by atoms with Crippen molar-refractivity contribution >= 4 is 34.8 Å². The molecule has 0 spiro atoms. The molecule has 0 saturated carbocycles. The van der Waals surface area contributed by atoms with Gasteiger partial charge in [-0.2, -0.15) is 0 Å². The molecular formula is C30H36N8O4. The lowest BCUT2D eigenvalue weighted by atomic mass is 10.1. The van der Waals surface area contributed by atoms with Crippen molar-refractivity contribution in [2.75, 3.05) is 23.3 Å². The molecule has 6 heterocycles. The van der Waals surface area contributed by atoms with Gasteiger partial charge in [0.05, 0.1) is 65.8 Å². The molecule has 0 aliphatic carbocycles. The number of rotatable bonds is 4. The van der Waals surface area contributed by atoms with Crippen LogP contribution in [0.3, 0.4) is 0 Å². The minimum Gasteiger partial charge on any atom is -0.443 e. The number of fused-ring (bicyclic) bond motifs is 2. The number of amides is 2. The maximum atomic E-state index is 13.7. The van der Waals surface area contributed by atoms with Gasteiger partial charge in [0.2, 0.25) is 0 Å². The van der Waals surface area contributed by atoms with Crippen LogP contribution in [0.1, 0.15) is 63.4 Å². The van der Waals surface area contributed by atoms with Gasteiger partial charge in [0, 0.05) is 31.0 Å². The average molecular weight is 573 g/mol. The van der Waals surface area contributed by atoms with Crippen LogP contribution >= 0.6 is 0 Å². The van der Waals surface area contributed by atoms with Crippen molar-refractivity contribution in [2.45, 2.75) is 65.7 Å². The van der Waals surface area contributed by atoms with E-state index < -0.39 is 17.6 Å². The zero-order valence-corrected chi connectivity index (χ0v) is 24.5. The Morgan fingerprint density at radius 2 is 1.81 bits per heavy atom. The van der Waals surface area contributed by atoms with Crippen molar-refractivity contribution in [1.82, 2.24) is 29.2 Å². The first-order valence-corrected chi connectivity index (χ1v) is 14.2. The highest BCUT2D eigenvalue weighted by molar-refractivity contribution is 6.11. The summed E-state index contributed by atoms with van der Waals surface area (Å²) < 4.78 is 7.36. The van der Waals surface area contributed by atoms with E-state index in [1.807, 2.05) is 30.4 Å². The fourth-order valence-electron chi connectivity index (χ4n) is 5.03. The van der Waals surface area contributed by atoms with Crippen molar-refractivity contribution in [2.24, 2.45) is 0 Å². The molecule has 0 aromatic carbocycles. The SMILES string of the molecule is CC.CC(C)(C)OC(=O)N1Cc2c(-c3cncc4nccn34)ncc(Nc3ccc(N4CCC(O)CC4)cn3)c2C1=O. The molecule has 0 unspecified atom stereocenters. The maximum Gasteiger partial charge on any atom is 0.417 e. The molecule has 0 bridgehead atoms. The first-order valence-electron chi connectivity index (χ1n) is 14.2. The van der Waals surface area contributed by atoms with E-state index in [2.05, 4.69) is 25.2 Å². The Labute approximate surface area is 244 Å². The summed E-state index contributed by atoms with van der Waals surface area (Å²) in [5.74, 6) is 0.0455. The number of imidazole rings is 1. The molecule has 4 aromatic heterocycles.